The third-order valence-corrected chi connectivity index (χ3v) is 4.89. The maximum Gasteiger partial charge on any atom is 0.0974 e. The quantitative estimate of drug-likeness (QED) is 0.878. The van der Waals surface area contributed by atoms with Crippen molar-refractivity contribution in [2.75, 3.05) is 25.2 Å². The highest BCUT2D eigenvalue weighted by atomic mass is 35.5. The molecule has 0 aliphatic carbocycles. The summed E-state index contributed by atoms with van der Waals surface area (Å²) >= 11 is 8.15. The summed E-state index contributed by atoms with van der Waals surface area (Å²) in [4.78, 5) is 0. The zero-order chi connectivity index (χ0) is 13.7. The van der Waals surface area contributed by atoms with Crippen molar-refractivity contribution in [3.8, 4) is 0 Å². The lowest BCUT2D eigenvalue weighted by Gasteiger charge is -2.24. The molecule has 1 saturated heterocycles. The van der Waals surface area contributed by atoms with Crippen LogP contribution in [0.5, 0.6) is 0 Å². The third-order valence-electron chi connectivity index (χ3n) is 3.55. The number of methoxy groups -OCH3 is 1. The first-order valence-corrected chi connectivity index (χ1v) is 8.21. The van der Waals surface area contributed by atoms with E-state index >= 15 is 0 Å². The topological polar surface area (TPSA) is 47.3 Å². The molecule has 0 amide bonds. The van der Waals surface area contributed by atoms with Crippen LogP contribution in [0.3, 0.4) is 0 Å². The Morgan fingerprint density at radius 3 is 3.00 bits per heavy atom. The molecule has 1 fully saturated rings. The van der Waals surface area contributed by atoms with Crippen LogP contribution in [0.25, 0.3) is 0 Å². The number of aliphatic hydroxyl groups is 1. The fourth-order valence-electron chi connectivity index (χ4n) is 2.47. The SMILES string of the molecule is COCCn1ncc(Cl)c1C(O)CC1CCSCC1. The molecule has 1 N–H and O–H groups in total. The van der Waals surface area contributed by atoms with Crippen molar-refractivity contribution in [2.45, 2.75) is 31.9 Å². The Balaban J connectivity index is 2.00. The van der Waals surface area contributed by atoms with Gasteiger partial charge in [-0.25, -0.2) is 0 Å². The zero-order valence-electron chi connectivity index (χ0n) is 11.2. The van der Waals surface area contributed by atoms with Crippen LogP contribution in [0, 0.1) is 5.92 Å². The number of thioether (sulfide) groups is 1. The second-order valence-corrected chi connectivity index (χ2v) is 6.53. The average Bonchev–Trinajstić information content (AvgIpc) is 2.78. The van der Waals surface area contributed by atoms with Crippen LogP contribution < -0.4 is 0 Å². The van der Waals surface area contributed by atoms with E-state index in [1.54, 1.807) is 18.0 Å². The van der Waals surface area contributed by atoms with Crippen molar-refractivity contribution in [3.05, 3.63) is 16.9 Å². The Labute approximate surface area is 123 Å². The molecule has 1 aromatic heterocycles. The summed E-state index contributed by atoms with van der Waals surface area (Å²) < 4.78 is 6.81. The first kappa shape index (κ1) is 15.2. The van der Waals surface area contributed by atoms with Gasteiger partial charge in [0, 0.05) is 7.11 Å². The molecule has 1 unspecified atom stereocenters. The van der Waals surface area contributed by atoms with E-state index in [0.29, 0.717) is 24.1 Å². The standard InChI is InChI=1S/C13H21ClN2O2S/c1-18-5-4-16-13(11(14)9-15-16)12(17)8-10-2-6-19-7-3-10/h9-10,12,17H,2-8H2,1H3. The van der Waals surface area contributed by atoms with Crippen LogP contribution in [0.15, 0.2) is 6.20 Å². The van der Waals surface area contributed by atoms with Crippen molar-refractivity contribution in [3.63, 3.8) is 0 Å². The lowest BCUT2D eigenvalue weighted by Crippen LogP contribution is -2.17. The summed E-state index contributed by atoms with van der Waals surface area (Å²) in [5.41, 5.74) is 0.733. The first-order valence-electron chi connectivity index (χ1n) is 6.68. The minimum absolute atomic E-state index is 0.528. The number of aromatic nitrogens is 2. The van der Waals surface area contributed by atoms with E-state index in [4.69, 9.17) is 16.3 Å². The van der Waals surface area contributed by atoms with E-state index in [0.717, 1.165) is 12.1 Å². The van der Waals surface area contributed by atoms with Gasteiger partial charge in [0.2, 0.25) is 0 Å². The van der Waals surface area contributed by atoms with Gasteiger partial charge in [-0.15, -0.1) is 0 Å². The Kier molecular flexibility index (Phi) is 6.01. The lowest BCUT2D eigenvalue weighted by molar-refractivity contribution is 0.126. The maximum absolute atomic E-state index is 10.4. The molecule has 0 saturated carbocycles. The largest absolute Gasteiger partial charge is 0.387 e. The molecular formula is C13H21ClN2O2S. The molecule has 0 radical (unpaired) electrons. The van der Waals surface area contributed by atoms with Gasteiger partial charge < -0.3 is 9.84 Å². The Morgan fingerprint density at radius 1 is 1.58 bits per heavy atom. The Bertz CT molecular complexity index is 394. The molecular weight excluding hydrogens is 284 g/mol. The second-order valence-electron chi connectivity index (χ2n) is 4.90. The average molecular weight is 305 g/mol. The molecule has 0 aromatic carbocycles. The maximum atomic E-state index is 10.4. The molecule has 108 valence electrons. The molecule has 19 heavy (non-hydrogen) atoms. The molecule has 6 heteroatoms. The Hall–Kier alpha value is -0.230. The zero-order valence-corrected chi connectivity index (χ0v) is 12.8. The normalized spacial score (nSPS) is 18.7. The van der Waals surface area contributed by atoms with Crippen molar-refractivity contribution < 1.29 is 9.84 Å². The van der Waals surface area contributed by atoms with Gasteiger partial charge in [0.15, 0.2) is 0 Å². The van der Waals surface area contributed by atoms with Crippen molar-refractivity contribution in [1.29, 1.82) is 0 Å². The van der Waals surface area contributed by atoms with Crippen LogP contribution in [0.2, 0.25) is 5.02 Å². The predicted molar refractivity (Wildman–Crippen MR) is 78.7 cm³/mol. The molecule has 1 aromatic rings. The third kappa shape index (κ3) is 4.12. The van der Waals surface area contributed by atoms with E-state index in [1.807, 2.05) is 11.8 Å². The lowest BCUT2D eigenvalue weighted by atomic mass is 9.94. The molecule has 2 heterocycles. The van der Waals surface area contributed by atoms with Crippen LogP contribution in [-0.4, -0.2) is 40.1 Å². The number of ether oxygens (including phenoxy) is 1. The van der Waals surface area contributed by atoms with Gasteiger partial charge in [-0.05, 0) is 36.7 Å². The van der Waals surface area contributed by atoms with E-state index in [-0.39, 0.29) is 0 Å². The molecule has 0 bridgehead atoms. The van der Waals surface area contributed by atoms with Crippen LogP contribution in [0.1, 0.15) is 31.1 Å². The van der Waals surface area contributed by atoms with E-state index in [1.165, 1.54) is 24.3 Å². The van der Waals surface area contributed by atoms with Gasteiger partial charge in [-0.1, -0.05) is 11.6 Å². The highest BCUT2D eigenvalue weighted by Crippen LogP contribution is 2.33. The van der Waals surface area contributed by atoms with E-state index < -0.39 is 6.10 Å². The number of hydrogen-bond donors (Lipinski definition) is 1. The first-order chi connectivity index (χ1) is 9.22. The van der Waals surface area contributed by atoms with Gasteiger partial charge in [0.05, 0.1) is 36.2 Å². The number of halogens is 1. The summed E-state index contributed by atoms with van der Waals surface area (Å²) in [5, 5.41) is 15.2. The van der Waals surface area contributed by atoms with Crippen molar-refractivity contribution >= 4 is 23.4 Å². The molecule has 4 nitrogen and oxygen atoms in total. The number of nitrogens with zero attached hydrogens (tertiary/aromatic N) is 2. The predicted octanol–water partition coefficient (Wildman–Crippen LogP) is 2.75. The molecule has 0 spiro atoms. The molecule has 1 aliphatic heterocycles. The molecule has 2 rings (SSSR count). The fourth-order valence-corrected chi connectivity index (χ4v) is 3.94. The summed E-state index contributed by atoms with van der Waals surface area (Å²) in [6, 6.07) is 0. The minimum atomic E-state index is -0.528. The van der Waals surface area contributed by atoms with Crippen LogP contribution in [0.4, 0.5) is 0 Å². The van der Waals surface area contributed by atoms with Crippen LogP contribution in [-0.2, 0) is 11.3 Å². The van der Waals surface area contributed by atoms with Crippen LogP contribution >= 0.6 is 23.4 Å². The van der Waals surface area contributed by atoms with E-state index in [2.05, 4.69) is 5.10 Å². The van der Waals surface area contributed by atoms with Gasteiger partial charge >= 0.3 is 0 Å². The summed E-state index contributed by atoms with van der Waals surface area (Å²) in [7, 11) is 1.65. The van der Waals surface area contributed by atoms with Gasteiger partial charge in [0.25, 0.3) is 0 Å². The summed E-state index contributed by atoms with van der Waals surface area (Å²) in [6.45, 7) is 1.19. The summed E-state index contributed by atoms with van der Waals surface area (Å²) in [5.74, 6) is 3.00. The van der Waals surface area contributed by atoms with Crippen molar-refractivity contribution in [2.24, 2.45) is 5.92 Å². The molecule has 1 atom stereocenters. The summed E-state index contributed by atoms with van der Waals surface area (Å²) in [6.07, 6.45) is 4.22. The van der Waals surface area contributed by atoms with Gasteiger partial charge in [-0.3, -0.25) is 4.68 Å². The highest BCUT2D eigenvalue weighted by molar-refractivity contribution is 7.99. The number of rotatable bonds is 6. The molecule has 1 aliphatic rings. The van der Waals surface area contributed by atoms with Gasteiger partial charge in [-0.2, -0.15) is 16.9 Å². The monoisotopic (exact) mass is 304 g/mol. The van der Waals surface area contributed by atoms with E-state index in [9.17, 15) is 5.11 Å². The fraction of sp³-hybridized carbons (Fsp3) is 0.769. The van der Waals surface area contributed by atoms with Crippen molar-refractivity contribution in [1.82, 2.24) is 9.78 Å². The highest BCUT2D eigenvalue weighted by Gasteiger charge is 2.23. The minimum Gasteiger partial charge on any atom is -0.387 e. The van der Waals surface area contributed by atoms with Gasteiger partial charge in [0.1, 0.15) is 0 Å². The number of hydrogen-bond acceptors (Lipinski definition) is 4. The number of aliphatic hydroxyl groups excluding tert-OH is 1. The smallest absolute Gasteiger partial charge is 0.0974 e. The second kappa shape index (κ2) is 7.53. The Morgan fingerprint density at radius 2 is 2.32 bits per heavy atom.